The maximum atomic E-state index is 13.2. The van der Waals surface area contributed by atoms with Crippen LogP contribution in [-0.4, -0.2) is 24.0 Å². The van der Waals surface area contributed by atoms with Crippen LogP contribution in [0.2, 0.25) is 0 Å². The normalized spacial score (nSPS) is 16.9. The Labute approximate surface area is 137 Å². The van der Waals surface area contributed by atoms with Crippen LogP contribution in [0, 0.1) is 5.82 Å². The summed E-state index contributed by atoms with van der Waals surface area (Å²) in [5.41, 5.74) is 0.0670. The van der Waals surface area contributed by atoms with Gasteiger partial charge in [-0.05, 0) is 53.9 Å². The molecular weight excluding hydrogens is 353 g/mol. The molecule has 2 rings (SSSR count). The van der Waals surface area contributed by atoms with E-state index in [1.807, 2.05) is 0 Å². The first kappa shape index (κ1) is 16.9. The summed E-state index contributed by atoms with van der Waals surface area (Å²) in [5.74, 6) is -1.57. The molecule has 0 spiro atoms. The van der Waals surface area contributed by atoms with E-state index < -0.39 is 17.9 Å². The summed E-state index contributed by atoms with van der Waals surface area (Å²) < 4.78 is 18.8. The zero-order valence-electron chi connectivity index (χ0n) is 12.4. The Balaban J connectivity index is 1.92. The van der Waals surface area contributed by atoms with Crippen LogP contribution >= 0.6 is 15.9 Å². The highest BCUT2D eigenvalue weighted by Crippen LogP contribution is 2.20. The van der Waals surface area contributed by atoms with E-state index in [1.54, 1.807) is 0 Å². The van der Waals surface area contributed by atoms with Gasteiger partial charge in [-0.15, -0.1) is 0 Å². The minimum Gasteiger partial charge on any atom is -0.449 e. The van der Waals surface area contributed by atoms with Crippen LogP contribution in [0.3, 0.4) is 0 Å². The van der Waals surface area contributed by atoms with E-state index in [4.69, 9.17) is 4.74 Å². The number of hydrogen-bond acceptors (Lipinski definition) is 3. The van der Waals surface area contributed by atoms with Crippen LogP contribution in [0.1, 0.15) is 49.4 Å². The summed E-state index contributed by atoms with van der Waals surface area (Å²) in [5, 5.41) is 2.90. The number of carbonyl (C=O) groups excluding carboxylic acids is 2. The molecule has 0 radical (unpaired) electrons. The van der Waals surface area contributed by atoms with E-state index in [-0.39, 0.29) is 17.5 Å². The maximum absolute atomic E-state index is 13.2. The fraction of sp³-hybridized carbons (Fsp3) is 0.500. The molecule has 0 heterocycles. The molecule has 120 valence electrons. The molecule has 0 unspecified atom stereocenters. The van der Waals surface area contributed by atoms with Crippen LogP contribution < -0.4 is 5.32 Å². The van der Waals surface area contributed by atoms with Crippen molar-refractivity contribution in [2.75, 3.05) is 0 Å². The average molecular weight is 372 g/mol. The average Bonchev–Trinajstić information content (AvgIpc) is 2.50. The fourth-order valence-corrected chi connectivity index (χ4v) is 2.91. The second-order valence-corrected chi connectivity index (χ2v) is 6.37. The molecule has 0 aromatic heterocycles. The fourth-order valence-electron chi connectivity index (χ4n) is 2.50. The summed E-state index contributed by atoms with van der Waals surface area (Å²) in [6.45, 7) is 1.52. The van der Waals surface area contributed by atoms with E-state index in [0.29, 0.717) is 4.47 Å². The quantitative estimate of drug-likeness (QED) is 0.822. The Morgan fingerprint density at radius 2 is 2.00 bits per heavy atom. The summed E-state index contributed by atoms with van der Waals surface area (Å²) >= 11 is 3.17. The van der Waals surface area contributed by atoms with Crippen LogP contribution in [0.5, 0.6) is 0 Å². The zero-order chi connectivity index (χ0) is 16.1. The Hall–Kier alpha value is -1.43. The number of amides is 1. The van der Waals surface area contributed by atoms with E-state index >= 15 is 0 Å². The van der Waals surface area contributed by atoms with Crippen LogP contribution in [0.4, 0.5) is 4.39 Å². The van der Waals surface area contributed by atoms with Crippen molar-refractivity contribution in [2.45, 2.75) is 51.2 Å². The van der Waals surface area contributed by atoms with Crippen LogP contribution in [0.25, 0.3) is 0 Å². The molecule has 4 nitrogen and oxygen atoms in total. The molecule has 1 aliphatic rings. The number of esters is 1. The Morgan fingerprint density at radius 1 is 1.32 bits per heavy atom. The van der Waals surface area contributed by atoms with Crippen molar-refractivity contribution >= 4 is 27.8 Å². The van der Waals surface area contributed by atoms with Gasteiger partial charge >= 0.3 is 5.97 Å². The SMILES string of the molecule is C[C@H](OC(=O)c1cc(F)ccc1Br)C(=O)NC1CCCCC1. The minimum absolute atomic E-state index is 0.0670. The Morgan fingerprint density at radius 3 is 2.68 bits per heavy atom. The van der Waals surface area contributed by atoms with Crippen molar-refractivity contribution in [2.24, 2.45) is 0 Å². The third-order valence-corrected chi connectivity index (χ3v) is 4.44. The molecule has 1 saturated carbocycles. The first-order valence-corrected chi connectivity index (χ1v) is 8.23. The van der Waals surface area contributed by atoms with Gasteiger partial charge in [0.2, 0.25) is 0 Å². The number of rotatable bonds is 4. The van der Waals surface area contributed by atoms with E-state index in [2.05, 4.69) is 21.2 Å². The van der Waals surface area contributed by atoms with Crippen molar-refractivity contribution in [1.82, 2.24) is 5.32 Å². The number of nitrogens with one attached hydrogen (secondary N) is 1. The smallest absolute Gasteiger partial charge is 0.340 e. The zero-order valence-corrected chi connectivity index (χ0v) is 14.0. The lowest BCUT2D eigenvalue weighted by Crippen LogP contribution is -2.42. The topological polar surface area (TPSA) is 55.4 Å². The number of hydrogen-bond donors (Lipinski definition) is 1. The molecule has 1 N–H and O–H groups in total. The monoisotopic (exact) mass is 371 g/mol. The van der Waals surface area contributed by atoms with Crippen LogP contribution in [-0.2, 0) is 9.53 Å². The predicted molar refractivity (Wildman–Crippen MR) is 84.0 cm³/mol. The van der Waals surface area contributed by atoms with Crippen molar-refractivity contribution < 1.29 is 18.7 Å². The van der Waals surface area contributed by atoms with Gasteiger partial charge in [-0.1, -0.05) is 19.3 Å². The Kier molecular flexibility index (Phi) is 5.94. The summed E-state index contributed by atoms with van der Waals surface area (Å²) in [6.07, 6.45) is 4.42. The largest absolute Gasteiger partial charge is 0.449 e. The molecule has 1 amide bonds. The molecule has 0 aliphatic heterocycles. The highest BCUT2D eigenvalue weighted by atomic mass is 79.9. The van der Waals surface area contributed by atoms with E-state index in [1.165, 1.54) is 25.5 Å². The summed E-state index contributed by atoms with van der Waals surface area (Å²) in [6, 6.07) is 3.90. The maximum Gasteiger partial charge on any atom is 0.340 e. The Bertz CT molecular complexity index is 558. The minimum atomic E-state index is -0.912. The van der Waals surface area contributed by atoms with Gasteiger partial charge in [0.15, 0.2) is 6.10 Å². The number of benzene rings is 1. The van der Waals surface area contributed by atoms with Crippen molar-refractivity contribution in [3.05, 3.63) is 34.1 Å². The standard InChI is InChI=1S/C16H19BrFNO3/c1-10(15(20)19-12-5-3-2-4-6-12)22-16(21)13-9-11(18)7-8-14(13)17/h7-10,12H,2-6H2,1H3,(H,19,20)/t10-/m0/s1. The van der Waals surface area contributed by atoms with Crippen LogP contribution in [0.15, 0.2) is 22.7 Å². The lowest BCUT2D eigenvalue weighted by Gasteiger charge is -2.24. The van der Waals surface area contributed by atoms with Crippen molar-refractivity contribution in [1.29, 1.82) is 0 Å². The van der Waals surface area contributed by atoms with Gasteiger partial charge in [-0.3, -0.25) is 4.79 Å². The summed E-state index contributed by atoms with van der Waals surface area (Å²) in [7, 11) is 0. The van der Waals surface area contributed by atoms with Crippen molar-refractivity contribution in [3.8, 4) is 0 Å². The van der Waals surface area contributed by atoms with Gasteiger partial charge in [0.05, 0.1) is 5.56 Å². The molecule has 6 heteroatoms. The first-order valence-electron chi connectivity index (χ1n) is 7.44. The third-order valence-electron chi connectivity index (χ3n) is 3.75. The molecule has 22 heavy (non-hydrogen) atoms. The predicted octanol–water partition coefficient (Wildman–Crippen LogP) is 3.58. The van der Waals surface area contributed by atoms with Gasteiger partial charge in [0, 0.05) is 10.5 Å². The molecule has 1 aromatic carbocycles. The van der Waals surface area contributed by atoms with Crippen molar-refractivity contribution in [3.63, 3.8) is 0 Å². The second kappa shape index (κ2) is 7.72. The summed E-state index contributed by atoms with van der Waals surface area (Å²) in [4.78, 5) is 24.1. The van der Waals surface area contributed by atoms with Gasteiger partial charge in [0.25, 0.3) is 5.91 Å². The molecule has 0 saturated heterocycles. The molecule has 1 aliphatic carbocycles. The molecule has 1 aromatic rings. The lowest BCUT2D eigenvalue weighted by molar-refractivity contribution is -0.130. The number of carbonyl (C=O) groups is 2. The third kappa shape index (κ3) is 4.53. The lowest BCUT2D eigenvalue weighted by atomic mass is 9.95. The second-order valence-electron chi connectivity index (χ2n) is 5.52. The molecule has 1 atom stereocenters. The van der Waals surface area contributed by atoms with E-state index in [0.717, 1.165) is 31.7 Å². The highest BCUT2D eigenvalue weighted by Gasteiger charge is 2.23. The van der Waals surface area contributed by atoms with E-state index in [9.17, 15) is 14.0 Å². The van der Waals surface area contributed by atoms with Gasteiger partial charge < -0.3 is 10.1 Å². The number of halogens is 2. The number of ether oxygens (including phenoxy) is 1. The molecular formula is C16H19BrFNO3. The highest BCUT2D eigenvalue weighted by molar-refractivity contribution is 9.10. The first-order chi connectivity index (χ1) is 10.5. The van der Waals surface area contributed by atoms with Gasteiger partial charge in [0.1, 0.15) is 5.82 Å². The van der Waals surface area contributed by atoms with Gasteiger partial charge in [-0.2, -0.15) is 0 Å². The van der Waals surface area contributed by atoms with Gasteiger partial charge in [-0.25, -0.2) is 9.18 Å². The molecule has 1 fully saturated rings. The molecule has 0 bridgehead atoms.